The van der Waals surface area contributed by atoms with Crippen LogP contribution in [0.3, 0.4) is 0 Å². The van der Waals surface area contributed by atoms with Gasteiger partial charge < -0.3 is 0 Å². The van der Waals surface area contributed by atoms with Crippen LogP contribution in [0.4, 0.5) is 13.2 Å². The minimum absolute atomic E-state index is 0.0248. The van der Waals surface area contributed by atoms with E-state index in [1.54, 1.807) is 44.2 Å². The normalized spacial score (nSPS) is 12.0. The van der Waals surface area contributed by atoms with Gasteiger partial charge in [-0.15, -0.1) is 0 Å². The fraction of sp³-hybridized carbons (Fsp3) is 0.238. The van der Waals surface area contributed by atoms with E-state index in [4.69, 9.17) is 0 Å². The summed E-state index contributed by atoms with van der Waals surface area (Å²) in [5, 5.41) is 3.69. The van der Waals surface area contributed by atoms with Crippen LogP contribution in [-0.4, -0.2) is 35.0 Å². The van der Waals surface area contributed by atoms with E-state index in [0.717, 1.165) is 15.1 Å². The van der Waals surface area contributed by atoms with E-state index < -0.39 is 27.8 Å². The van der Waals surface area contributed by atoms with Crippen molar-refractivity contribution in [2.45, 2.75) is 31.3 Å². The van der Waals surface area contributed by atoms with Crippen LogP contribution >= 0.6 is 0 Å². The van der Waals surface area contributed by atoms with Gasteiger partial charge in [-0.25, -0.2) is 17.4 Å². The third-order valence-corrected chi connectivity index (χ3v) is 6.52. The number of sulfonamides is 1. The van der Waals surface area contributed by atoms with Crippen molar-refractivity contribution in [2.24, 2.45) is 0 Å². The summed E-state index contributed by atoms with van der Waals surface area (Å²) in [5.41, 5.74) is -0.0836. The van der Waals surface area contributed by atoms with Gasteiger partial charge in [-0.2, -0.15) is 18.3 Å². The molecule has 1 heterocycles. The Morgan fingerprint density at radius 2 is 1.65 bits per heavy atom. The van der Waals surface area contributed by atoms with Crippen molar-refractivity contribution in [3.05, 3.63) is 66.4 Å². The molecule has 3 rings (SSSR count). The van der Waals surface area contributed by atoms with Gasteiger partial charge in [-0.1, -0.05) is 37.3 Å². The van der Waals surface area contributed by atoms with Gasteiger partial charge in [0.25, 0.3) is 10.0 Å². The SMILES string of the molecule is CCC(=O)N(CC)S(=O)(=O)c1ccc(-n2nc(C(F)(F)F)cc2-c2ccccc2)cc1. The molecule has 0 fully saturated rings. The Hall–Kier alpha value is -3.14. The number of rotatable bonds is 6. The highest BCUT2D eigenvalue weighted by atomic mass is 32.2. The first-order chi connectivity index (χ1) is 14.6. The largest absolute Gasteiger partial charge is 0.435 e. The molecule has 0 spiro atoms. The Morgan fingerprint density at radius 1 is 1.03 bits per heavy atom. The van der Waals surface area contributed by atoms with Crippen LogP contribution in [0.5, 0.6) is 0 Å². The maximum Gasteiger partial charge on any atom is 0.435 e. The fourth-order valence-corrected chi connectivity index (χ4v) is 4.55. The number of carbonyl (C=O) groups is 1. The molecule has 0 aliphatic heterocycles. The average Bonchev–Trinajstić information content (AvgIpc) is 3.21. The second kappa shape index (κ2) is 8.54. The first-order valence-corrected chi connectivity index (χ1v) is 10.9. The van der Waals surface area contributed by atoms with Crippen molar-refractivity contribution in [1.29, 1.82) is 0 Å². The fourth-order valence-electron chi connectivity index (χ4n) is 3.07. The van der Waals surface area contributed by atoms with Crippen LogP contribution in [-0.2, 0) is 21.0 Å². The van der Waals surface area contributed by atoms with Gasteiger partial charge >= 0.3 is 6.18 Å². The molecular formula is C21H20F3N3O3S. The molecule has 10 heteroatoms. The zero-order chi connectivity index (χ0) is 22.8. The number of hydrogen-bond donors (Lipinski definition) is 0. The molecule has 0 saturated heterocycles. The molecule has 0 N–H and O–H groups in total. The van der Waals surface area contributed by atoms with Crippen LogP contribution in [0, 0.1) is 0 Å². The second-order valence-electron chi connectivity index (χ2n) is 6.60. The van der Waals surface area contributed by atoms with Gasteiger partial charge in [0.15, 0.2) is 5.69 Å². The summed E-state index contributed by atoms with van der Waals surface area (Å²) in [6.45, 7) is 3.09. The maximum absolute atomic E-state index is 13.3. The molecule has 3 aromatic rings. The summed E-state index contributed by atoms with van der Waals surface area (Å²) in [7, 11) is -4.07. The van der Waals surface area contributed by atoms with Crippen LogP contribution in [0.15, 0.2) is 65.6 Å². The van der Waals surface area contributed by atoms with E-state index in [2.05, 4.69) is 5.10 Å². The zero-order valence-corrected chi connectivity index (χ0v) is 17.6. The minimum atomic E-state index is -4.64. The summed E-state index contributed by atoms with van der Waals surface area (Å²) in [6, 6.07) is 14.6. The van der Waals surface area contributed by atoms with Gasteiger partial charge in [0, 0.05) is 18.5 Å². The lowest BCUT2D eigenvalue weighted by Crippen LogP contribution is -2.36. The zero-order valence-electron chi connectivity index (χ0n) is 16.8. The monoisotopic (exact) mass is 451 g/mol. The molecule has 0 bridgehead atoms. The molecule has 0 unspecified atom stereocenters. The minimum Gasteiger partial charge on any atom is -0.274 e. The Bertz CT molecular complexity index is 1170. The van der Waals surface area contributed by atoms with E-state index in [1.807, 2.05) is 0 Å². The van der Waals surface area contributed by atoms with E-state index in [9.17, 15) is 26.4 Å². The molecular weight excluding hydrogens is 431 g/mol. The van der Waals surface area contributed by atoms with Gasteiger partial charge in [0.05, 0.1) is 16.3 Å². The van der Waals surface area contributed by atoms with Gasteiger partial charge in [-0.05, 0) is 37.3 Å². The lowest BCUT2D eigenvalue weighted by molar-refractivity contribution is -0.141. The Kier molecular flexibility index (Phi) is 6.21. The molecule has 2 aromatic carbocycles. The third-order valence-electron chi connectivity index (χ3n) is 4.61. The van der Waals surface area contributed by atoms with Crippen molar-refractivity contribution in [3.8, 4) is 16.9 Å². The number of amides is 1. The Labute approximate surface area is 178 Å². The Morgan fingerprint density at radius 3 is 2.16 bits per heavy atom. The summed E-state index contributed by atoms with van der Waals surface area (Å²) >= 11 is 0. The number of carbonyl (C=O) groups excluding carboxylic acids is 1. The smallest absolute Gasteiger partial charge is 0.274 e. The van der Waals surface area contributed by atoms with E-state index in [-0.39, 0.29) is 29.2 Å². The Balaban J connectivity index is 2.07. The quantitative estimate of drug-likeness (QED) is 0.553. The maximum atomic E-state index is 13.3. The van der Waals surface area contributed by atoms with E-state index >= 15 is 0 Å². The van der Waals surface area contributed by atoms with Gasteiger partial charge in [-0.3, -0.25) is 4.79 Å². The lowest BCUT2D eigenvalue weighted by atomic mass is 10.1. The molecule has 6 nitrogen and oxygen atoms in total. The molecule has 0 radical (unpaired) electrons. The molecule has 164 valence electrons. The second-order valence-corrected chi connectivity index (χ2v) is 8.46. The van der Waals surface area contributed by atoms with Crippen LogP contribution < -0.4 is 0 Å². The predicted molar refractivity (Wildman–Crippen MR) is 109 cm³/mol. The van der Waals surface area contributed by atoms with Gasteiger partial charge in [0.2, 0.25) is 5.91 Å². The molecule has 0 atom stereocenters. The highest BCUT2D eigenvalue weighted by Gasteiger charge is 2.35. The summed E-state index contributed by atoms with van der Waals surface area (Å²) < 4.78 is 67.3. The highest BCUT2D eigenvalue weighted by Crippen LogP contribution is 2.33. The van der Waals surface area contributed by atoms with Crippen molar-refractivity contribution < 1.29 is 26.4 Å². The van der Waals surface area contributed by atoms with E-state index in [1.165, 1.54) is 24.3 Å². The molecule has 0 saturated carbocycles. The number of alkyl halides is 3. The summed E-state index contributed by atoms with van der Waals surface area (Å²) in [5.74, 6) is -0.542. The topological polar surface area (TPSA) is 72.3 Å². The van der Waals surface area contributed by atoms with Crippen LogP contribution in [0.2, 0.25) is 0 Å². The van der Waals surface area contributed by atoms with Crippen LogP contribution in [0.1, 0.15) is 26.0 Å². The van der Waals surface area contributed by atoms with Crippen molar-refractivity contribution in [3.63, 3.8) is 0 Å². The number of benzene rings is 2. The summed E-state index contributed by atoms with van der Waals surface area (Å²) in [6.07, 6.45) is -4.61. The highest BCUT2D eigenvalue weighted by molar-refractivity contribution is 7.89. The first kappa shape index (κ1) is 22.5. The molecule has 1 amide bonds. The number of aromatic nitrogens is 2. The van der Waals surface area contributed by atoms with Crippen molar-refractivity contribution in [2.75, 3.05) is 6.54 Å². The third kappa shape index (κ3) is 4.48. The molecule has 0 aliphatic rings. The van der Waals surface area contributed by atoms with Crippen molar-refractivity contribution >= 4 is 15.9 Å². The predicted octanol–water partition coefficient (Wildman–Crippen LogP) is 4.51. The first-order valence-electron chi connectivity index (χ1n) is 9.48. The van der Waals surface area contributed by atoms with Crippen LogP contribution in [0.25, 0.3) is 16.9 Å². The van der Waals surface area contributed by atoms with Gasteiger partial charge in [0.1, 0.15) is 0 Å². The van der Waals surface area contributed by atoms with Crippen molar-refractivity contribution in [1.82, 2.24) is 14.1 Å². The number of nitrogens with zero attached hydrogens (tertiary/aromatic N) is 3. The standard InChI is InChI=1S/C21H20F3N3O3S/c1-3-20(28)26(4-2)31(29,30)17-12-10-16(11-13-17)27-18(15-8-6-5-7-9-15)14-19(25-27)21(22,23)24/h5-14H,3-4H2,1-2H3. The van der Waals surface area contributed by atoms with E-state index in [0.29, 0.717) is 5.56 Å². The number of halogens is 3. The molecule has 31 heavy (non-hydrogen) atoms. The molecule has 1 aromatic heterocycles. The lowest BCUT2D eigenvalue weighted by Gasteiger charge is -2.20. The molecule has 0 aliphatic carbocycles. The average molecular weight is 451 g/mol. The number of hydrogen-bond acceptors (Lipinski definition) is 4. The summed E-state index contributed by atoms with van der Waals surface area (Å²) in [4.78, 5) is 11.8.